The molecule has 1 aliphatic heterocycles. The Morgan fingerprint density at radius 2 is 1.94 bits per heavy atom. The molecule has 2 rings (SSSR count). The van der Waals surface area contributed by atoms with Crippen molar-refractivity contribution in [2.24, 2.45) is 10.1 Å². The van der Waals surface area contributed by atoms with Gasteiger partial charge in [-0.2, -0.15) is 0 Å². The van der Waals surface area contributed by atoms with Crippen molar-refractivity contribution in [2.75, 3.05) is 12.3 Å². The highest BCUT2D eigenvalue weighted by atomic mass is 32.2. The van der Waals surface area contributed by atoms with Crippen LogP contribution in [0, 0.1) is 0 Å². The van der Waals surface area contributed by atoms with E-state index in [0.29, 0.717) is 0 Å². The van der Waals surface area contributed by atoms with Crippen LogP contribution < -0.4 is 0 Å². The largest absolute Gasteiger partial charge is 0.389 e. The Morgan fingerprint density at radius 1 is 1.22 bits per heavy atom. The molecule has 0 spiro atoms. The maximum Gasteiger partial charge on any atom is 0.161 e. The zero-order valence-corrected chi connectivity index (χ0v) is 11.8. The minimum absolute atomic E-state index is 0.271. The summed E-state index contributed by atoms with van der Waals surface area (Å²) in [5.74, 6) is 0.961. The third kappa shape index (κ3) is 3.60. The summed E-state index contributed by atoms with van der Waals surface area (Å²) in [6.45, 7) is 6.81. The number of thioether (sulfide) groups is 1. The Bertz CT molecular complexity index is 460. The SMILES string of the molecule is CC(C)(C)O/N=C1\SCCN=C1c1ccccc1. The molecule has 1 aliphatic rings. The van der Waals surface area contributed by atoms with E-state index >= 15 is 0 Å². The monoisotopic (exact) mass is 262 g/mol. The normalized spacial score (nSPS) is 18.6. The summed E-state index contributed by atoms with van der Waals surface area (Å²) in [6, 6.07) is 10.1. The van der Waals surface area contributed by atoms with Crippen molar-refractivity contribution in [1.82, 2.24) is 0 Å². The molecule has 0 saturated carbocycles. The lowest BCUT2D eigenvalue weighted by molar-refractivity contribution is 0.00189. The summed E-state index contributed by atoms with van der Waals surface area (Å²) in [5.41, 5.74) is 1.77. The van der Waals surface area contributed by atoms with Crippen molar-refractivity contribution in [3.05, 3.63) is 35.9 Å². The summed E-state index contributed by atoms with van der Waals surface area (Å²) >= 11 is 1.70. The first-order valence-electron chi connectivity index (χ1n) is 6.05. The Hall–Kier alpha value is -1.29. The second kappa shape index (κ2) is 5.57. The lowest BCUT2D eigenvalue weighted by atomic mass is 10.1. The molecule has 96 valence electrons. The standard InChI is InChI=1S/C14H18N2OS/c1-14(2,3)17-16-13-12(15-9-10-18-13)11-7-5-4-6-8-11/h4-8H,9-10H2,1-3H3/b16-13-. The van der Waals surface area contributed by atoms with Crippen LogP contribution in [0.4, 0.5) is 0 Å². The second-order valence-electron chi connectivity index (χ2n) is 5.04. The number of hydrogen-bond acceptors (Lipinski definition) is 4. The fourth-order valence-electron chi connectivity index (χ4n) is 1.49. The van der Waals surface area contributed by atoms with Gasteiger partial charge in [-0.25, -0.2) is 0 Å². The molecule has 0 bridgehead atoms. The van der Waals surface area contributed by atoms with Gasteiger partial charge in [-0.15, -0.1) is 0 Å². The molecule has 0 N–H and O–H groups in total. The molecule has 0 saturated heterocycles. The zero-order valence-electron chi connectivity index (χ0n) is 11.0. The van der Waals surface area contributed by atoms with Gasteiger partial charge in [-0.3, -0.25) is 4.99 Å². The third-order valence-electron chi connectivity index (χ3n) is 2.25. The van der Waals surface area contributed by atoms with E-state index in [-0.39, 0.29) is 5.60 Å². The zero-order chi connectivity index (χ0) is 13.0. The molecule has 0 aromatic heterocycles. The summed E-state index contributed by atoms with van der Waals surface area (Å²) in [7, 11) is 0. The first-order valence-corrected chi connectivity index (χ1v) is 7.04. The quantitative estimate of drug-likeness (QED) is 0.766. The number of nitrogens with zero attached hydrogens (tertiary/aromatic N) is 2. The Labute approximate surface area is 112 Å². The highest BCUT2D eigenvalue weighted by Gasteiger charge is 2.19. The minimum atomic E-state index is -0.271. The van der Waals surface area contributed by atoms with Gasteiger partial charge < -0.3 is 4.84 Å². The highest BCUT2D eigenvalue weighted by Crippen LogP contribution is 2.18. The molecule has 4 heteroatoms. The predicted octanol–water partition coefficient (Wildman–Crippen LogP) is 3.35. The predicted molar refractivity (Wildman–Crippen MR) is 78.6 cm³/mol. The molecule has 1 aromatic rings. The summed E-state index contributed by atoms with van der Waals surface area (Å²) in [4.78, 5) is 10.1. The van der Waals surface area contributed by atoms with Gasteiger partial charge in [0, 0.05) is 17.9 Å². The van der Waals surface area contributed by atoms with E-state index in [1.165, 1.54) is 0 Å². The molecule has 18 heavy (non-hydrogen) atoms. The van der Waals surface area contributed by atoms with Gasteiger partial charge in [-0.1, -0.05) is 47.2 Å². The molecule has 0 atom stereocenters. The van der Waals surface area contributed by atoms with Crippen molar-refractivity contribution < 1.29 is 4.84 Å². The molecule has 0 unspecified atom stereocenters. The maximum absolute atomic E-state index is 5.51. The Balaban J connectivity index is 2.24. The molecular formula is C14H18N2OS. The molecule has 3 nitrogen and oxygen atoms in total. The average molecular weight is 262 g/mol. The van der Waals surface area contributed by atoms with Crippen molar-refractivity contribution in [3.8, 4) is 0 Å². The third-order valence-corrected chi connectivity index (χ3v) is 3.18. The summed E-state index contributed by atoms with van der Waals surface area (Å²) in [6.07, 6.45) is 0. The van der Waals surface area contributed by atoms with Gasteiger partial charge >= 0.3 is 0 Å². The molecular weight excluding hydrogens is 244 g/mol. The lowest BCUT2D eigenvalue weighted by Gasteiger charge is -2.19. The molecule has 0 radical (unpaired) electrons. The highest BCUT2D eigenvalue weighted by molar-refractivity contribution is 8.15. The first kappa shape index (κ1) is 13.1. The van der Waals surface area contributed by atoms with Crippen molar-refractivity contribution >= 4 is 22.5 Å². The van der Waals surface area contributed by atoms with E-state index in [2.05, 4.69) is 22.3 Å². The van der Waals surface area contributed by atoms with Crippen molar-refractivity contribution in [2.45, 2.75) is 26.4 Å². The number of oxime groups is 1. The molecule has 0 fully saturated rings. The van der Waals surface area contributed by atoms with E-state index in [0.717, 1.165) is 28.6 Å². The molecule has 0 amide bonds. The van der Waals surface area contributed by atoms with Gasteiger partial charge in [0.1, 0.15) is 11.3 Å². The van der Waals surface area contributed by atoms with E-state index in [9.17, 15) is 0 Å². The maximum atomic E-state index is 5.51. The van der Waals surface area contributed by atoms with Crippen molar-refractivity contribution in [3.63, 3.8) is 0 Å². The lowest BCUT2D eigenvalue weighted by Crippen LogP contribution is -2.22. The minimum Gasteiger partial charge on any atom is -0.389 e. The van der Waals surface area contributed by atoms with E-state index in [4.69, 9.17) is 4.84 Å². The molecule has 1 heterocycles. The van der Waals surface area contributed by atoms with Gasteiger partial charge in [0.15, 0.2) is 5.04 Å². The van der Waals surface area contributed by atoms with Crippen molar-refractivity contribution in [1.29, 1.82) is 0 Å². The van der Waals surface area contributed by atoms with Crippen LogP contribution in [0.25, 0.3) is 0 Å². The topological polar surface area (TPSA) is 34.0 Å². The van der Waals surface area contributed by atoms with Crippen LogP contribution >= 0.6 is 11.8 Å². The van der Waals surface area contributed by atoms with Gasteiger partial charge in [0.2, 0.25) is 0 Å². The van der Waals surface area contributed by atoms with Crippen LogP contribution in [0.1, 0.15) is 26.3 Å². The second-order valence-corrected chi connectivity index (χ2v) is 6.13. The van der Waals surface area contributed by atoms with E-state index < -0.39 is 0 Å². The fraction of sp³-hybridized carbons (Fsp3) is 0.429. The van der Waals surface area contributed by atoms with E-state index in [1.807, 2.05) is 39.0 Å². The molecule has 0 aliphatic carbocycles. The summed E-state index contributed by atoms with van der Waals surface area (Å²) < 4.78 is 0. The average Bonchev–Trinajstić information content (AvgIpc) is 2.37. The Kier molecular flexibility index (Phi) is 4.07. The number of rotatable bonds is 2. The Morgan fingerprint density at radius 3 is 2.61 bits per heavy atom. The van der Waals surface area contributed by atoms with Gasteiger partial charge in [0.05, 0.1) is 0 Å². The van der Waals surface area contributed by atoms with Crippen LogP contribution in [0.2, 0.25) is 0 Å². The fourth-order valence-corrected chi connectivity index (χ4v) is 2.28. The van der Waals surface area contributed by atoms with Crippen LogP contribution in [0.5, 0.6) is 0 Å². The number of benzene rings is 1. The van der Waals surface area contributed by atoms with Crippen LogP contribution in [-0.4, -0.2) is 28.7 Å². The summed E-state index contributed by atoms with van der Waals surface area (Å²) in [5, 5.41) is 5.14. The van der Waals surface area contributed by atoms with Gasteiger partial charge in [-0.05, 0) is 20.8 Å². The molecule has 1 aromatic carbocycles. The number of aliphatic imine (C=N–C) groups is 1. The van der Waals surface area contributed by atoms with Crippen LogP contribution in [-0.2, 0) is 4.84 Å². The number of hydrogen-bond donors (Lipinski definition) is 0. The first-order chi connectivity index (χ1) is 8.56. The smallest absolute Gasteiger partial charge is 0.161 e. The van der Waals surface area contributed by atoms with Gasteiger partial charge in [0.25, 0.3) is 0 Å². The van der Waals surface area contributed by atoms with Crippen LogP contribution in [0.3, 0.4) is 0 Å². The van der Waals surface area contributed by atoms with E-state index in [1.54, 1.807) is 11.8 Å². The van der Waals surface area contributed by atoms with Crippen LogP contribution in [0.15, 0.2) is 40.5 Å².